The summed E-state index contributed by atoms with van der Waals surface area (Å²) in [5, 5.41) is 5.98. The monoisotopic (exact) mass is 424 g/mol. The van der Waals surface area contributed by atoms with Gasteiger partial charge in [0.25, 0.3) is 5.91 Å². The summed E-state index contributed by atoms with van der Waals surface area (Å²) in [5.41, 5.74) is 2.73. The zero-order chi connectivity index (χ0) is 20.0. The standard InChI is InChI=1S/C20H20N6OS2/c1-13-11-16(14(2)26(13)20-21-4-10-29-20)19(27)25-7-5-24(6-8-25)17-15-3-9-28-18(15)23-12-22-17/h3-4,9-12H,5-8H2,1-2H3. The van der Waals surface area contributed by atoms with Crippen LogP contribution in [0.4, 0.5) is 5.82 Å². The van der Waals surface area contributed by atoms with Gasteiger partial charge in [-0.15, -0.1) is 22.7 Å². The number of carbonyl (C=O) groups excluding carboxylic acids is 1. The number of hydrogen-bond donors (Lipinski definition) is 0. The fourth-order valence-electron chi connectivity index (χ4n) is 3.92. The number of hydrogen-bond acceptors (Lipinski definition) is 7. The number of amides is 1. The number of rotatable bonds is 3. The Balaban J connectivity index is 1.35. The van der Waals surface area contributed by atoms with Crippen LogP contribution < -0.4 is 4.90 Å². The number of nitrogens with zero attached hydrogens (tertiary/aromatic N) is 6. The minimum Gasteiger partial charge on any atom is -0.352 e. The molecule has 1 aliphatic rings. The van der Waals surface area contributed by atoms with Gasteiger partial charge in [-0.05, 0) is 31.4 Å². The van der Waals surface area contributed by atoms with E-state index >= 15 is 0 Å². The topological polar surface area (TPSA) is 67.2 Å². The average molecular weight is 425 g/mol. The van der Waals surface area contributed by atoms with Crippen LogP contribution in [0.2, 0.25) is 0 Å². The van der Waals surface area contributed by atoms with Gasteiger partial charge in [0.2, 0.25) is 0 Å². The van der Waals surface area contributed by atoms with E-state index in [1.807, 2.05) is 35.6 Å². The Kier molecular flexibility index (Phi) is 4.56. The van der Waals surface area contributed by atoms with Gasteiger partial charge < -0.3 is 9.80 Å². The molecule has 148 valence electrons. The maximum Gasteiger partial charge on any atom is 0.255 e. The van der Waals surface area contributed by atoms with Crippen LogP contribution in [0.3, 0.4) is 0 Å². The van der Waals surface area contributed by atoms with Crippen molar-refractivity contribution >= 4 is 44.6 Å². The molecule has 9 heteroatoms. The molecule has 5 heterocycles. The molecule has 0 spiro atoms. The van der Waals surface area contributed by atoms with Gasteiger partial charge in [-0.2, -0.15) is 0 Å². The van der Waals surface area contributed by atoms with E-state index in [9.17, 15) is 4.79 Å². The molecule has 0 N–H and O–H groups in total. The number of fused-ring (bicyclic) bond motifs is 1. The van der Waals surface area contributed by atoms with Gasteiger partial charge in [0, 0.05) is 49.1 Å². The largest absolute Gasteiger partial charge is 0.352 e. The highest BCUT2D eigenvalue weighted by molar-refractivity contribution is 7.16. The lowest BCUT2D eigenvalue weighted by Crippen LogP contribution is -2.49. The van der Waals surface area contributed by atoms with Crippen LogP contribution in [0.1, 0.15) is 21.7 Å². The quantitative estimate of drug-likeness (QED) is 0.503. The molecule has 29 heavy (non-hydrogen) atoms. The summed E-state index contributed by atoms with van der Waals surface area (Å²) in [6, 6.07) is 4.05. The number of thiazole rings is 1. The van der Waals surface area contributed by atoms with E-state index in [0.717, 1.165) is 51.2 Å². The van der Waals surface area contributed by atoms with E-state index < -0.39 is 0 Å². The summed E-state index contributed by atoms with van der Waals surface area (Å²) in [4.78, 5) is 31.6. The highest BCUT2D eigenvalue weighted by Crippen LogP contribution is 2.28. The van der Waals surface area contributed by atoms with Crippen LogP contribution in [0.15, 0.2) is 35.4 Å². The van der Waals surface area contributed by atoms with Gasteiger partial charge in [-0.1, -0.05) is 0 Å². The average Bonchev–Trinajstić information content (AvgIpc) is 3.48. The van der Waals surface area contributed by atoms with Crippen molar-refractivity contribution in [1.82, 2.24) is 24.4 Å². The molecule has 1 amide bonds. The summed E-state index contributed by atoms with van der Waals surface area (Å²) in [7, 11) is 0. The summed E-state index contributed by atoms with van der Waals surface area (Å²) < 4.78 is 2.06. The second-order valence-electron chi connectivity index (χ2n) is 7.05. The van der Waals surface area contributed by atoms with Gasteiger partial charge in [0.1, 0.15) is 17.0 Å². The first kappa shape index (κ1) is 18.3. The lowest BCUT2D eigenvalue weighted by Gasteiger charge is -2.35. The summed E-state index contributed by atoms with van der Waals surface area (Å²) in [6.07, 6.45) is 3.41. The van der Waals surface area contributed by atoms with E-state index in [1.165, 1.54) is 0 Å². The van der Waals surface area contributed by atoms with Crippen LogP contribution >= 0.6 is 22.7 Å². The molecule has 0 saturated carbocycles. The highest BCUT2D eigenvalue weighted by Gasteiger charge is 2.27. The van der Waals surface area contributed by atoms with E-state index in [2.05, 4.69) is 30.5 Å². The third-order valence-electron chi connectivity index (χ3n) is 5.38. The Hall–Kier alpha value is -2.78. The van der Waals surface area contributed by atoms with Crippen LogP contribution in [-0.2, 0) is 0 Å². The lowest BCUT2D eigenvalue weighted by molar-refractivity contribution is 0.0746. The van der Waals surface area contributed by atoms with Crippen LogP contribution in [0.25, 0.3) is 15.3 Å². The van der Waals surface area contributed by atoms with Crippen LogP contribution in [0.5, 0.6) is 0 Å². The Morgan fingerprint density at radius 3 is 2.62 bits per heavy atom. The van der Waals surface area contributed by atoms with Crippen molar-refractivity contribution in [1.29, 1.82) is 0 Å². The molecule has 1 saturated heterocycles. The number of piperazine rings is 1. The van der Waals surface area contributed by atoms with Crippen molar-refractivity contribution in [2.75, 3.05) is 31.1 Å². The van der Waals surface area contributed by atoms with Gasteiger partial charge in [0.15, 0.2) is 5.13 Å². The van der Waals surface area contributed by atoms with E-state index in [1.54, 1.807) is 35.2 Å². The molecule has 0 aliphatic carbocycles. The third kappa shape index (κ3) is 3.10. The van der Waals surface area contributed by atoms with Gasteiger partial charge >= 0.3 is 0 Å². The molecule has 1 aliphatic heterocycles. The smallest absolute Gasteiger partial charge is 0.255 e. The molecule has 1 fully saturated rings. The Morgan fingerprint density at radius 1 is 1.03 bits per heavy atom. The lowest BCUT2D eigenvalue weighted by atomic mass is 10.2. The molecular formula is C20H20N6OS2. The second-order valence-corrected chi connectivity index (χ2v) is 8.82. The maximum atomic E-state index is 13.2. The predicted molar refractivity (Wildman–Crippen MR) is 116 cm³/mol. The van der Waals surface area contributed by atoms with E-state index in [-0.39, 0.29) is 5.91 Å². The summed E-state index contributed by atoms with van der Waals surface area (Å²) in [6.45, 7) is 6.89. The highest BCUT2D eigenvalue weighted by atomic mass is 32.1. The molecule has 0 atom stereocenters. The molecule has 0 radical (unpaired) electrons. The zero-order valence-electron chi connectivity index (χ0n) is 16.2. The minimum atomic E-state index is 0.0870. The zero-order valence-corrected chi connectivity index (χ0v) is 17.8. The Morgan fingerprint density at radius 2 is 1.86 bits per heavy atom. The first-order chi connectivity index (χ1) is 14.1. The third-order valence-corrected chi connectivity index (χ3v) is 6.96. The van der Waals surface area contributed by atoms with E-state index in [0.29, 0.717) is 13.1 Å². The number of aryl methyl sites for hydroxylation is 1. The molecule has 7 nitrogen and oxygen atoms in total. The fraction of sp³-hybridized carbons (Fsp3) is 0.300. The van der Waals surface area contributed by atoms with Gasteiger partial charge in [0.05, 0.1) is 10.9 Å². The SMILES string of the molecule is Cc1cc(C(=O)N2CCN(c3ncnc4sccc34)CC2)c(C)n1-c1nccs1. The van der Waals surface area contributed by atoms with Crippen LogP contribution in [-0.4, -0.2) is 56.5 Å². The molecular weight excluding hydrogens is 404 g/mol. The number of aromatic nitrogens is 4. The molecule has 4 aromatic heterocycles. The Bertz CT molecular complexity index is 1170. The first-order valence-electron chi connectivity index (χ1n) is 9.44. The van der Waals surface area contributed by atoms with Gasteiger partial charge in [-0.25, -0.2) is 15.0 Å². The molecule has 0 aromatic carbocycles. The second kappa shape index (κ2) is 7.23. The van der Waals surface area contributed by atoms with Crippen molar-refractivity contribution in [3.63, 3.8) is 0 Å². The number of carbonyl (C=O) groups is 1. The Labute approximate surface area is 176 Å². The minimum absolute atomic E-state index is 0.0870. The van der Waals surface area contributed by atoms with Crippen LogP contribution in [0, 0.1) is 13.8 Å². The molecule has 5 rings (SSSR count). The van der Waals surface area contributed by atoms with E-state index in [4.69, 9.17) is 0 Å². The van der Waals surface area contributed by atoms with Crippen molar-refractivity contribution in [2.45, 2.75) is 13.8 Å². The van der Waals surface area contributed by atoms with Crippen molar-refractivity contribution in [2.24, 2.45) is 0 Å². The molecule has 4 aromatic rings. The molecule has 0 bridgehead atoms. The summed E-state index contributed by atoms with van der Waals surface area (Å²) in [5.74, 6) is 1.05. The first-order valence-corrected chi connectivity index (χ1v) is 11.2. The van der Waals surface area contributed by atoms with Crippen molar-refractivity contribution in [3.05, 3.63) is 52.4 Å². The van der Waals surface area contributed by atoms with Crippen molar-refractivity contribution in [3.8, 4) is 5.13 Å². The number of anilines is 1. The fourth-order valence-corrected chi connectivity index (χ4v) is 5.40. The van der Waals surface area contributed by atoms with Gasteiger partial charge in [-0.3, -0.25) is 9.36 Å². The predicted octanol–water partition coefficient (Wildman–Crippen LogP) is 3.52. The normalized spacial score (nSPS) is 14.7. The van der Waals surface area contributed by atoms with Crippen molar-refractivity contribution < 1.29 is 4.79 Å². The number of thiophene rings is 1. The molecule has 0 unspecified atom stereocenters. The summed E-state index contributed by atoms with van der Waals surface area (Å²) >= 11 is 3.20. The maximum absolute atomic E-state index is 13.2.